The summed E-state index contributed by atoms with van der Waals surface area (Å²) in [6, 6.07) is 20.3. The number of carbonyl (C=O) groups is 1. The first-order chi connectivity index (χ1) is 19.7. The number of nitrogens with one attached hydrogen (secondary N) is 1. The smallest absolute Gasteiger partial charge is 0.252 e. The lowest BCUT2D eigenvalue weighted by molar-refractivity contribution is -0.128. The maximum atomic E-state index is 14.2. The van der Waals surface area contributed by atoms with Crippen LogP contribution in [-0.4, -0.2) is 67.7 Å². The fourth-order valence-corrected chi connectivity index (χ4v) is 5.41. The van der Waals surface area contributed by atoms with Gasteiger partial charge in [0.1, 0.15) is 5.75 Å². The Balaban J connectivity index is 1.76. The van der Waals surface area contributed by atoms with Crippen LogP contribution >= 0.6 is 39.1 Å². The van der Waals surface area contributed by atoms with Crippen LogP contribution in [0.4, 0.5) is 0 Å². The number of nitrogens with zero attached hydrogens (tertiary/aromatic N) is 2. The van der Waals surface area contributed by atoms with E-state index in [2.05, 4.69) is 26.1 Å². The monoisotopic (exact) mass is 661 g/mol. The first-order valence-electron chi connectivity index (χ1n) is 13.4. The number of halogens is 3. The Kier molecular flexibility index (Phi) is 11.1. The zero-order valence-corrected chi connectivity index (χ0v) is 26.2. The number of aliphatic hydroxyl groups excluding tert-OH is 1. The predicted octanol–water partition coefficient (Wildman–Crippen LogP) is 6.08. The molecule has 0 bridgehead atoms. The van der Waals surface area contributed by atoms with Crippen LogP contribution in [0, 0.1) is 0 Å². The average Bonchev–Trinajstić information content (AvgIpc) is 3.32. The maximum absolute atomic E-state index is 14.2. The number of aliphatic imine (C=N–C) groups is 1. The third kappa shape index (κ3) is 8.02. The van der Waals surface area contributed by atoms with Crippen LogP contribution in [0.15, 0.2) is 76.2 Å². The molecule has 1 amide bonds. The van der Waals surface area contributed by atoms with Crippen molar-refractivity contribution < 1.29 is 19.4 Å². The Morgan fingerprint density at radius 1 is 1.10 bits per heavy atom. The van der Waals surface area contributed by atoms with Crippen molar-refractivity contribution in [3.8, 4) is 5.75 Å². The molecule has 41 heavy (non-hydrogen) atoms. The molecule has 1 aliphatic heterocycles. The summed E-state index contributed by atoms with van der Waals surface area (Å²) in [5.41, 5.74) is 0.912. The van der Waals surface area contributed by atoms with Crippen molar-refractivity contribution in [1.82, 2.24) is 10.2 Å². The Hall–Kier alpha value is -2.62. The van der Waals surface area contributed by atoms with Crippen LogP contribution in [0.5, 0.6) is 5.75 Å². The van der Waals surface area contributed by atoms with Crippen LogP contribution in [0.1, 0.15) is 35.6 Å². The fourth-order valence-electron chi connectivity index (χ4n) is 4.64. The summed E-state index contributed by atoms with van der Waals surface area (Å²) < 4.78 is 13.2. The molecular weight excluding hydrogens is 629 g/mol. The SMILES string of the molecule is CN(C)CCCNC(=O)[C@]1(Cc2ccc(Br)cc2)N=C(c2ccc(OCCCO)cc2)O[C@@H]1c1ccc(Cl)cc1Cl. The van der Waals surface area contributed by atoms with Crippen LogP contribution in [0.25, 0.3) is 0 Å². The summed E-state index contributed by atoms with van der Waals surface area (Å²) in [5.74, 6) is 0.760. The first-order valence-corrected chi connectivity index (χ1v) is 15.0. The number of ether oxygens (including phenoxy) is 2. The molecule has 0 saturated carbocycles. The molecule has 1 aliphatic rings. The van der Waals surface area contributed by atoms with Gasteiger partial charge < -0.3 is 24.8 Å². The van der Waals surface area contributed by atoms with E-state index in [0.29, 0.717) is 52.4 Å². The summed E-state index contributed by atoms with van der Waals surface area (Å²) in [7, 11) is 4.00. The predicted molar refractivity (Wildman–Crippen MR) is 167 cm³/mol. The highest BCUT2D eigenvalue weighted by atomic mass is 79.9. The van der Waals surface area contributed by atoms with Crippen molar-refractivity contribution in [2.45, 2.75) is 30.9 Å². The first kappa shape index (κ1) is 31.3. The number of aliphatic hydroxyl groups is 1. The van der Waals surface area contributed by atoms with Gasteiger partial charge in [-0.05, 0) is 81.2 Å². The second kappa shape index (κ2) is 14.5. The van der Waals surface area contributed by atoms with Crippen molar-refractivity contribution in [3.63, 3.8) is 0 Å². The number of rotatable bonds is 13. The Bertz CT molecular complexity index is 1350. The number of amides is 1. The molecular formula is C31H34BrCl2N3O4. The van der Waals surface area contributed by atoms with Gasteiger partial charge in [-0.15, -0.1) is 0 Å². The lowest BCUT2D eigenvalue weighted by atomic mass is 9.82. The van der Waals surface area contributed by atoms with Gasteiger partial charge in [0.05, 0.1) is 6.61 Å². The van der Waals surface area contributed by atoms with Crippen LogP contribution in [0.2, 0.25) is 10.0 Å². The molecule has 2 atom stereocenters. The Labute approximate surface area is 259 Å². The number of benzene rings is 3. The third-order valence-electron chi connectivity index (χ3n) is 6.73. The Morgan fingerprint density at radius 3 is 2.49 bits per heavy atom. The maximum Gasteiger partial charge on any atom is 0.252 e. The molecule has 0 radical (unpaired) electrons. The molecule has 10 heteroatoms. The van der Waals surface area contributed by atoms with E-state index in [9.17, 15) is 4.79 Å². The standard InChI is InChI=1S/C31H34BrCl2N3O4/c1-37(2)16-3-15-35-30(39)31(20-21-5-9-23(32)10-6-21)28(26-14-11-24(33)19-27(26)34)41-29(36-31)22-7-12-25(13-8-22)40-18-4-17-38/h5-14,19,28,38H,3-4,15-18,20H2,1-2H3,(H,35,39)/t28-,31-/m1/s1. The largest absolute Gasteiger partial charge is 0.494 e. The Morgan fingerprint density at radius 2 is 1.83 bits per heavy atom. The molecule has 0 unspecified atom stereocenters. The zero-order valence-electron chi connectivity index (χ0n) is 23.1. The van der Waals surface area contributed by atoms with Gasteiger partial charge in [0.2, 0.25) is 5.90 Å². The number of hydrogen-bond acceptors (Lipinski definition) is 6. The van der Waals surface area contributed by atoms with Gasteiger partial charge in [0.25, 0.3) is 5.91 Å². The van der Waals surface area contributed by atoms with E-state index in [4.69, 9.17) is 42.8 Å². The summed E-state index contributed by atoms with van der Waals surface area (Å²) >= 11 is 16.4. The van der Waals surface area contributed by atoms with Gasteiger partial charge in [-0.3, -0.25) is 4.79 Å². The van der Waals surface area contributed by atoms with Gasteiger partial charge in [0.15, 0.2) is 11.6 Å². The minimum Gasteiger partial charge on any atom is -0.494 e. The highest BCUT2D eigenvalue weighted by Crippen LogP contribution is 2.45. The molecule has 218 valence electrons. The number of carbonyl (C=O) groups excluding carboxylic acids is 1. The van der Waals surface area contributed by atoms with Gasteiger partial charge >= 0.3 is 0 Å². The minimum absolute atomic E-state index is 0.0645. The highest BCUT2D eigenvalue weighted by Gasteiger charge is 2.53. The lowest BCUT2D eigenvalue weighted by Crippen LogP contribution is -2.50. The normalized spacial score (nSPS) is 18.2. The molecule has 0 spiro atoms. The fraction of sp³-hybridized carbons (Fsp3) is 0.355. The second-order valence-corrected chi connectivity index (χ2v) is 11.9. The molecule has 3 aromatic carbocycles. The zero-order chi connectivity index (χ0) is 29.4. The summed E-state index contributed by atoms with van der Waals surface area (Å²) in [4.78, 5) is 21.3. The average molecular weight is 663 g/mol. The van der Waals surface area contributed by atoms with Crippen molar-refractivity contribution in [2.75, 3.05) is 40.4 Å². The molecule has 7 nitrogen and oxygen atoms in total. The van der Waals surface area contributed by atoms with E-state index in [1.807, 2.05) is 62.6 Å². The molecule has 0 fully saturated rings. The van der Waals surface area contributed by atoms with E-state index < -0.39 is 11.6 Å². The van der Waals surface area contributed by atoms with Crippen molar-refractivity contribution in [2.24, 2.45) is 4.99 Å². The number of hydrogen-bond donors (Lipinski definition) is 2. The molecule has 0 aromatic heterocycles. The van der Waals surface area contributed by atoms with Gasteiger partial charge in [-0.2, -0.15) is 0 Å². The summed E-state index contributed by atoms with van der Waals surface area (Å²) in [6.07, 6.45) is 0.813. The molecule has 3 aromatic rings. The van der Waals surface area contributed by atoms with Crippen LogP contribution in [-0.2, 0) is 16.0 Å². The topological polar surface area (TPSA) is 83.4 Å². The van der Waals surface area contributed by atoms with E-state index >= 15 is 0 Å². The minimum atomic E-state index is -1.34. The van der Waals surface area contributed by atoms with E-state index in [0.717, 1.165) is 23.0 Å². The molecule has 1 heterocycles. The molecule has 0 aliphatic carbocycles. The van der Waals surface area contributed by atoms with Gasteiger partial charge in [-0.25, -0.2) is 4.99 Å². The van der Waals surface area contributed by atoms with Gasteiger partial charge in [-0.1, -0.05) is 57.3 Å². The van der Waals surface area contributed by atoms with Crippen molar-refractivity contribution in [3.05, 3.63) is 97.9 Å². The summed E-state index contributed by atoms with van der Waals surface area (Å²) in [5, 5.41) is 13.0. The molecule has 0 saturated heterocycles. The highest BCUT2D eigenvalue weighted by molar-refractivity contribution is 9.10. The lowest BCUT2D eigenvalue weighted by Gasteiger charge is -2.31. The van der Waals surface area contributed by atoms with Crippen LogP contribution < -0.4 is 10.1 Å². The second-order valence-electron chi connectivity index (χ2n) is 10.2. The van der Waals surface area contributed by atoms with Crippen molar-refractivity contribution >= 4 is 50.9 Å². The van der Waals surface area contributed by atoms with Crippen LogP contribution in [0.3, 0.4) is 0 Å². The molecule has 2 N–H and O–H groups in total. The van der Waals surface area contributed by atoms with E-state index in [1.165, 1.54) is 0 Å². The van der Waals surface area contributed by atoms with Gasteiger partial charge in [0, 0.05) is 51.6 Å². The molecule has 4 rings (SSSR count). The quantitative estimate of drug-likeness (QED) is 0.217. The third-order valence-corrected chi connectivity index (χ3v) is 7.82. The van der Waals surface area contributed by atoms with E-state index in [1.54, 1.807) is 18.2 Å². The summed E-state index contributed by atoms with van der Waals surface area (Å²) in [6.45, 7) is 1.80. The van der Waals surface area contributed by atoms with Crippen molar-refractivity contribution in [1.29, 1.82) is 0 Å². The van der Waals surface area contributed by atoms with E-state index in [-0.39, 0.29) is 18.9 Å².